The topological polar surface area (TPSA) is 73.0 Å². The van der Waals surface area contributed by atoms with Gasteiger partial charge in [-0.25, -0.2) is 0 Å². The molecular weight excluding hydrogens is 404 g/mol. The van der Waals surface area contributed by atoms with Crippen LogP contribution in [0.3, 0.4) is 0 Å². The average Bonchev–Trinajstić information content (AvgIpc) is 2.81. The first-order valence-electron chi connectivity index (χ1n) is 11.1. The molecule has 7 nitrogen and oxygen atoms in total. The lowest BCUT2D eigenvalue weighted by molar-refractivity contribution is -0.125. The molecule has 7 heteroatoms. The Labute approximate surface area is 189 Å². The molecule has 2 aliphatic heterocycles. The van der Waals surface area contributed by atoms with Crippen molar-refractivity contribution in [2.24, 2.45) is 0 Å². The molecule has 0 aliphatic carbocycles. The number of carbonyl (C=O) groups is 3. The number of hydrogen-bond donors (Lipinski definition) is 1. The molecule has 2 heterocycles. The number of anilines is 2. The van der Waals surface area contributed by atoms with E-state index in [1.165, 1.54) is 4.90 Å². The molecule has 2 atom stereocenters. The number of nitrogens with zero attached hydrogens (tertiary/aromatic N) is 3. The first-order valence-corrected chi connectivity index (χ1v) is 11.1. The van der Waals surface area contributed by atoms with Gasteiger partial charge in [-0.1, -0.05) is 30.3 Å². The summed E-state index contributed by atoms with van der Waals surface area (Å²) >= 11 is 0. The van der Waals surface area contributed by atoms with Crippen molar-refractivity contribution in [3.05, 3.63) is 59.7 Å². The van der Waals surface area contributed by atoms with Crippen LogP contribution in [0.1, 0.15) is 48.1 Å². The van der Waals surface area contributed by atoms with Crippen molar-refractivity contribution in [3.8, 4) is 0 Å². The zero-order chi connectivity index (χ0) is 22.8. The molecule has 0 aromatic heterocycles. The smallest absolute Gasteiger partial charge is 0.253 e. The van der Waals surface area contributed by atoms with Gasteiger partial charge in [-0.15, -0.1) is 0 Å². The molecule has 1 N–H and O–H groups in total. The number of fused-ring (bicyclic) bond motifs is 3. The Morgan fingerprint density at radius 3 is 2.56 bits per heavy atom. The van der Waals surface area contributed by atoms with E-state index < -0.39 is 0 Å². The lowest BCUT2D eigenvalue weighted by Gasteiger charge is -2.45. The third-order valence-corrected chi connectivity index (χ3v) is 6.26. The second-order valence-corrected chi connectivity index (χ2v) is 8.73. The van der Waals surface area contributed by atoms with Gasteiger partial charge in [-0.05, 0) is 49.9 Å². The first-order chi connectivity index (χ1) is 15.4. The number of benzene rings is 2. The summed E-state index contributed by atoms with van der Waals surface area (Å²) in [6, 6.07) is 14.8. The summed E-state index contributed by atoms with van der Waals surface area (Å²) in [6.45, 7) is 2.65. The summed E-state index contributed by atoms with van der Waals surface area (Å²) in [5.41, 5.74) is 3.04. The van der Waals surface area contributed by atoms with Crippen molar-refractivity contribution in [2.45, 2.75) is 38.3 Å². The molecule has 2 aromatic carbocycles. The number of nitrogens with one attached hydrogen (secondary N) is 1. The maximum atomic E-state index is 13.4. The summed E-state index contributed by atoms with van der Waals surface area (Å²) in [5.74, 6) is -0.438. The summed E-state index contributed by atoms with van der Waals surface area (Å²) in [7, 11) is 3.40. The third kappa shape index (κ3) is 4.20. The molecule has 3 amide bonds. The van der Waals surface area contributed by atoms with Gasteiger partial charge in [0.1, 0.15) is 12.6 Å². The highest BCUT2D eigenvalue weighted by atomic mass is 16.2. The molecule has 1 saturated heterocycles. The summed E-state index contributed by atoms with van der Waals surface area (Å²) in [4.78, 5) is 44.1. The van der Waals surface area contributed by atoms with Gasteiger partial charge in [0, 0.05) is 26.2 Å². The molecule has 0 bridgehead atoms. The molecule has 1 fully saturated rings. The second-order valence-electron chi connectivity index (χ2n) is 8.73. The normalized spacial score (nSPS) is 18.5. The van der Waals surface area contributed by atoms with Gasteiger partial charge in [-0.2, -0.15) is 0 Å². The van der Waals surface area contributed by atoms with E-state index in [0.717, 1.165) is 37.1 Å². The standard InChI is InChI=1S/C25H30N4O3/c1-17(18-9-5-4-6-10-18)26-23(30)16-29-22-15-19(24(31)27(2)3)12-13-20(22)28-14-8-7-11-21(28)25(29)32/h4-6,9-10,12-13,15,17,21H,7-8,11,14,16H2,1-3H3,(H,26,30)/t17-,21-/m0/s1. The molecule has 168 valence electrons. The quantitative estimate of drug-likeness (QED) is 0.785. The average molecular weight is 435 g/mol. The van der Waals surface area contributed by atoms with Crippen LogP contribution < -0.4 is 15.1 Å². The van der Waals surface area contributed by atoms with Gasteiger partial charge in [0.25, 0.3) is 5.91 Å². The molecule has 0 unspecified atom stereocenters. The van der Waals surface area contributed by atoms with E-state index in [2.05, 4.69) is 10.2 Å². The van der Waals surface area contributed by atoms with E-state index in [1.807, 2.05) is 43.3 Å². The van der Waals surface area contributed by atoms with E-state index in [1.54, 1.807) is 31.1 Å². The highest BCUT2D eigenvalue weighted by Crippen LogP contribution is 2.40. The van der Waals surface area contributed by atoms with Crippen molar-refractivity contribution in [2.75, 3.05) is 37.0 Å². The second kappa shape index (κ2) is 9.02. The Morgan fingerprint density at radius 1 is 1.09 bits per heavy atom. The van der Waals surface area contributed by atoms with E-state index in [9.17, 15) is 14.4 Å². The van der Waals surface area contributed by atoms with Gasteiger partial charge >= 0.3 is 0 Å². The van der Waals surface area contributed by atoms with Crippen LogP contribution in [0.5, 0.6) is 0 Å². The zero-order valence-corrected chi connectivity index (χ0v) is 18.9. The fourth-order valence-electron chi connectivity index (χ4n) is 4.57. The van der Waals surface area contributed by atoms with Crippen molar-refractivity contribution >= 4 is 29.1 Å². The molecule has 0 saturated carbocycles. The van der Waals surface area contributed by atoms with Crippen LogP contribution in [-0.4, -0.2) is 55.8 Å². The maximum absolute atomic E-state index is 13.4. The Morgan fingerprint density at radius 2 is 1.84 bits per heavy atom. The SMILES string of the molecule is C[C@H](NC(=O)CN1C(=O)[C@@H]2CCCCN2c2ccc(C(=O)N(C)C)cc21)c1ccccc1. The first kappa shape index (κ1) is 21.9. The van der Waals surface area contributed by atoms with Crippen LogP contribution in [0, 0.1) is 0 Å². The Hall–Kier alpha value is -3.35. The number of amides is 3. The fourth-order valence-corrected chi connectivity index (χ4v) is 4.57. The van der Waals surface area contributed by atoms with E-state index in [0.29, 0.717) is 11.3 Å². The lowest BCUT2D eigenvalue weighted by atomic mass is 9.95. The summed E-state index contributed by atoms with van der Waals surface area (Å²) in [5, 5.41) is 3.00. The fraction of sp³-hybridized carbons (Fsp3) is 0.400. The summed E-state index contributed by atoms with van der Waals surface area (Å²) < 4.78 is 0. The highest BCUT2D eigenvalue weighted by Gasteiger charge is 2.40. The number of rotatable bonds is 5. The Kier molecular flexibility index (Phi) is 6.17. The van der Waals surface area contributed by atoms with Crippen molar-refractivity contribution in [1.29, 1.82) is 0 Å². The van der Waals surface area contributed by atoms with Crippen LogP contribution >= 0.6 is 0 Å². The van der Waals surface area contributed by atoms with Gasteiger partial charge in [0.05, 0.1) is 17.4 Å². The van der Waals surface area contributed by atoms with Gasteiger partial charge in [-0.3, -0.25) is 19.3 Å². The summed E-state index contributed by atoms with van der Waals surface area (Å²) in [6.07, 6.45) is 2.79. The zero-order valence-electron chi connectivity index (χ0n) is 18.9. The van der Waals surface area contributed by atoms with Crippen LogP contribution in [0.2, 0.25) is 0 Å². The molecule has 0 spiro atoms. The number of carbonyl (C=O) groups excluding carboxylic acids is 3. The molecule has 2 aromatic rings. The molecular formula is C25H30N4O3. The Balaban J connectivity index is 1.63. The van der Waals surface area contributed by atoms with E-state index in [-0.39, 0.29) is 36.3 Å². The van der Waals surface area contributed by atoms with E-state index >= 15 is 0 Å². The van der Waals surface area contributed by atoms with Gasteiger partial charge in [0.15, 0.2) is 0 Å². The maximum Gasteiger partial charge on any atom is 0.253 e. The largest absolute Gasteiger partial charge is 0.358 e. The molecule has 2 aliphatic rings. The van der Waals surface area contributed by atoms with Crippen molar-refractivity contribution in [1.82, 2.24) is 10.2 Å². The van der Waals surface area contributed by atoms with Crippen molar-refractivity contribution in [3.63, 3.8) is 0 Å². The van der Waals surface area contributed by atoms with Gasteiger partial charge in [0.2, 0.25) is 11.8 Å². The van der Waals surface area contributed by atoms with Crippen LogP contribution in [-0.2, 0) is 9.59 Å². The van der Waals surface area contributed by atoms with Gasteiger partial charge < -0.3 is 15.1 Å². The predicted octanol–water partition coefficient (Wildman–Crippen LogP) is 2.97. The molecule has 32 heavy (non-hydrogen) atoms. The minimum absolute atomic E-state index is 0.0748. The third-order valence-electron chi connectivity index (χ3n) is 6.26. The highest BCUT2D eigenvalue weighted by molar-refractivity contribution is 6.09. The molecule has 4 rings (SSSR count). The Bertz CT molecular complexity index is 1020. The van der Waals surface area contributed by atoms with E-state index in [4.69, 9.17) is 0 Å². The van der Waals surface area contributed by atoms with Crippen LogP contribution in [0.15, 0.2) is 48.5 Å². The monoisotopic (exact) mass is 434 g/mol. The minimum Gasteiger partial charge on any atom is -0.358 e. The number of hydrogen-bond acceptors (Lipinski definition) is 4. The van der Waals surface area contributed by atoms with Crippen molar-refractivity contribution < 1.29 is 14.4 Å². The molecule has 0 radical (unpaired) electrons. The number of piperidine rings is 1. The van der Waals surface area contributed by atoms with Crippen LogP contribution in [0.4, 0.5) is 11.4 Å². The predicted molar refractivity (Wildman–Crippen MR) is 125 cm³/mol. The minimum atomic E-state index is -0.258. The lowest BCUT2D eigenvalue weighted by Crippen LogP contribution is -2.57. The van der Waals surface area contributed by atoms with Crippen LogP contribution in [0.25, 0.3) is 0 Å².